The largest absolute Gasteiger partial charge is 0.465 e. The second-order valence-electron chi connectivity index (χ2n) is 6.42. The molecule has 134 valence electrons. The fourth-order valence-electron chi connectivity index (χ4n) is 3.30. The summed E-state index contributed by atoms with van der Waals surface area (Å²) in [4.78, 5) is 12.3. The van der Waals surface area contributed by atoms with Crippen LogP contribution < -0.4 is 5.32 Å². The Morgan fingerprint density at radius 2 is 1.96 bits per heavy atom. The highest BCUT2D eigenvalue weighted by molar-refractivity contribution is 6.00. The molecule has 0 spiro atoms. The smallest absolute Gasteiger partial charge is 0.345 e. The van der Waals surface area contributed by atoms with Crippen molar-refractivity contribution in [1.29, 1.82) is 0 Å². The number of methoxy groups -OCH3 is 1. The third kappa shape index (κ3) is 4.18. The Morgan fingerprint density at radius 3 is 2.64 bits per heavy atom. The van der Waals surface area contributed by atoms with Crippen molar-refractivity contribution in [1.82, 2.24) is 5.16 Å². The van der Waals surface area contributed by atoms with E-state index in [1.165, 1.54) is 38.5 Å². The number of aromatic nitrogens is 1. The number of benzene rings is 1. The molecule has 5 nitrogen and oxygen atoms in total. The molecule has 0 radical (unpaired) electrons. The lowest BCUT2D eigenvalue weighted by Gasteiger charge is -2.20. The maximum absolute atomic E-state index is 13.5. The Labute approximate surface area is 146 Å². The van der Waals surface area contributed by atoms with E-state index in [-0.39, 0.29) is 11.6 Å². The topological polar surface area (TPSA) is 64.4 Å². The molecule has 0 amide bonds. The van der Waals surface area contributed by atoms with Crippen LogP contribution in [0.3, 0.4) is 0 Å². The molecule has 1 saturated carbocycles. The van der Waals surface area contributed by atoms with Gasteiger partial charge in [-0.15, -0.1) is 0 Å². The fourth-order valence-corrected chi connectivity index (χ4v) is 3.30. The average Bonchev–Trinajstić information content (AvgIpc) is 3.00. The van der Waals surface area contributed by atoms with E-state index in [2.05, 4.69) is 10.5 Å². The molecule has 0 atom stereocenters. The van der Waals surface area contributed by atoms with Gasteiger partial charge in [-0.25, -0.2) is 9.18 Å². The van der Waals surface area contributed by atoms with E-state index >= 15 is 0 Å². The number of carbonyl (C=O) groups is 1. The van der Waals surface area contributed by atoms with E-state index in [0.29, 0.717) is 17.1 Å². The number of nitrogens with one attached hydrogen (secondary N) is 1. The van der Waals surface area contributed by atoms with Crippen molar-refractivity contribution in [3.8, 4) is 11.3 Å². The number of ether oxygens (including phenoxy) is 1. The van der Waals surface area contributed by atoms with Crippen LogP contribution in [0.2, 0.25) is 0 Å². The van der Waals surface area contributed by atoms with E-state index in [0.717, 1.165) is 25.7 Å². The normalized spacial score (nSPS) is 16.1. The minimum atomic E-state index is -0.547. The molecule has 3 rings (SSSR count). The van der Waals surface area contributed by atoms with Crippen molar-refractivity contribution >= 4 is 11.9 Å². The highest BCUT2D eigenvalue weighted by atomic mass is 19.1. The number of anilines is 1. The van der Waals surface area contributed by atoms with Crippen LogP contribution >= 0.6 is 0 Å². The number of carbonyl (C=O) groups excluding carboxylic acids is 1. The summed E-state index contributed by atoms with van der Waals surface area (Å²) in [5.74, 6) is -0.642. The fraction of sp³-hybridized carbons (Fsp3) is 0.474. The molecule has 1 aromatic heterocycles. The number of rotatable bonds is 4. The summed E-state index contributed by atoms with van der Waals surface area (Å²) >= 11 is 0. The molecular weight excluding hydrogens is 323 g/mol. The van der Waals surface area contributed by atoms with Crippen LogP contribution in [0.25, 0.3) is 11.3 Å². The Kier molecular flexibility index (Phi) is 5.68. The second-order valence-corrected chi connectivity index (χ2v) is 6.42. The van der Waals surface area contributed by atoms with E-state index in [9.17, 15) is 9.18 Å². The van der Waals surface area contributed by atoms with Crippen molar-refractivity contribution in [2.75, 3.05) is 12.4 Å². The number of esters is 1. The van der Waals surface area contributed by atoms with Gasteiger partial charge in [0.15, 0.2) is 5.56 Å². The minimum Gasteiger partial charge on any atom is -0.465 e. The van der Waals surface area contributed by atoms with E-state index in [1.807, 2.05) is 0 Å². The van der Waals surface area contributed by atoms with Crippen molar-refractivity contribution in [2.45, 2.75) is 51.0 Å². The van der Waals surface area contributed by atoms with Crippen LogP contribution in [0.5, 0.6) is 0 Å². The van der Waals surface area contributed by atoms with E-state index in [1.54, 1.807) is 12.1 Å². The van der Waals surface area contributed by atoms with Gasteiger partial charge in [0.05, 0.1) is 7.11 Å². The van der Waals surface area contributed by atoms with Gasteiger partial charge in [-0.2, -0.15) is 0 Å². The van der Waals surface area contributed by atoms with Crippen molar-refractivity contribution in [3.05, 3.63) is 35.6 Å². The molecule has 6 heteroatoms. The molecule has 1 fully saturated rings. The summed E-state index contributed by atoms with van der Waals surface area (Å²) in [6.45, 7) is 0. The summed E-state index contributed by atoms with van der Waals surface area (Å²) in [5.41, 5.74) is 0.990. The Balaban J connectivity index is 1.90. The molecule has 1 aliphatic carbocycles. The molecule has 1 aromatic carbocycles. The molecule has 0 bridgehead atoms. The zero-order valence-electron chi connectivity index (χ0n) is 14.4. The Hall–Kier alpha value is -2.37. The monoisotopic (exact) mass is 346 g/mol. The van der Waals surface area contributed by atoms with Gasteiger partial charge in [0.2, 0.25) is 5.88 Å². The van der Waals surface area contributed by atoms with Crippen molar-refractivity contribution in [2.24, 2.45) is 0 Å². The van der Waals surface area contributed by atoms with Gasteiger partial charge in [-0.3, -0.25) is 0 Å². The quantitative estimate of drug-likeness (QED) is 0.806. The van der Waals surface area contributed by atoms with E-state index < -0.39 is 11.8 Å². The molecule has 1 N–H and O–H groups in total. The lowest BCUT2D eigenvalue weighted by molar-refractivity contribution is 0.0602. The van der Waals surface area contributed by atoms with Crippen LogP contribution in [0.1, 0.15) is 55.3 Å². The summed E-state index contributed by atoms with van der Waals surface area (Å²) in [6.07, 6.45) is 8.09. The molecule has 2 aromatic rings. The molecule has 1 aliphatic rings. The number of nitrogens with zero attached hydrogens (tertiary/aromatic N) is 1. The highest BCUT2D eigenvalue weighted by Gasteiger charge is 2.27. The standard InChI is InChI=1S/C19H23FN2O3/c1-24-19(23)16-17(13-8-7-9-14(20)12-13)22-25-18(16)21-15-10-5-3-2-4-6-11-15/h7-9,12,15,21H,2-6,10-11H2,1H3. The van der Waals surface area contributed by atoms with Gasteiger partial charge in [0.1, 0.15) is 11.5 Å². The summed E-state index contributed by atoms with van der Waals surface area (Å²) in [7, 11) is 1.31. The summed E-state index contributed by atoms with van der Waals surface area (Å²) in [5, 5.41) is 7.31. The predicted octanol–water partition coefficient (Wildman–Crippen LogP) is 4.79. The van der Waals surface area contributed by atoms with Gasteiger partial charge in [-0.1, -0.05) is 49.4 Å². The van der Waals surface area contributed by atoms with Crippen molar-refractivity contribution < 1.29 is 18.4 Å². The zero-order valence-corrected chi connectivity index (χ0v) is 14.4. The van der Waals surface area contributed by atoms with Gasteiger partial charge < -0.3 is 14.6 Å². The molecule has 0 saturated heterocycles. The Bertz CT molecular complexity index is 721. The van der Waals surface area contributed by atoms with Crippen LogP contribution in [0.4, 0.5) is 10.3 Å². The maximum Gasteiger partial charge on any atom is 0.345 e. The first kappa shape index (κ1) is 17.5. The average molecular weight is 346 g/mol. The third-order valence-electron chi connectivity index (χ3n) is 4.62. The maximum atomic E-state index is 13.5. The zero-order chi connectivity index (χ0) is 17.6. The molecule has 0 aliphatic heterocycles. The number of halogens is 1. The minimum absolute atomic E-state index is 0.218. The van der Waals surface area contributed by atoms with Crippen LogP contribution in [-0.4, -0.2) is 24.3 Å². The van der Waals surface area contributed by atoms with E-state index in [4.69, 9.17) is 9.26 Å². The molecular formula is C19H23FN2O3. The van der Waals surface area contributed by atoms with Gasteiger partial charge in [-0.05, 0) is 25.0 Å². The number of hydrogen-bond acceptors (Lipinski definition) is 5. The van der Waals surface area contributed by atoms with Gasteiger partial charge in [0, 0.05) is 11.6 Å². The highest BCUT2D eigenvalue weighted by Crippen LogP contribution is 2.31. The first-order valence-corrected chi connectivity index (χ1v) is 8.79. The summed E-state index contributed by atoms with van der Waals surface area (Å²) < 4.78 is 23.8. The number of hydrogen-bond donors (Lipinski definition) is 1. The molecule has 25 heavy (non-hydrogen) atoms. The molecule has 1 heterocycles. The Morgan fingerprint density at radius 1 is 1.24 bits per heavy atom. The predicted molar refractivity (Wildman–Crippen MR) is 93.0 cm³/mol. The second kappa shape index (κ2) is 8.14. The van der Waals surface area contributed by atoms with Crippen LogP contribution in [0.15, 0.2) is 28.8 Å². The van der Waals surface area contributed by atoms with Gasteiger partial charge >= 0.3 is 5.97 Å². The van der Waals surface area contributed by atoms with Crippen LogP contribution in [-0.2, 0) is 4.74 Å². The lowest BCUT2D eigenvalue weighted by atomic mass is 9.96. The molecule has 0 unspecified atom stereocenters. The first-order valence-electron chi connectivity index (χ1n) is 8.79. The summed E-state index contributed by atoms with van der Waals surface area (Å²) in [6, 6.07) is 6.16. The van der Waals surface area contributed by atoms with Crippen molar-refractivity contribution in [3.63, 3.8) is 0 Å². The lowest BCUT2D eigenvalue weighted by Crippen LogP contribution is -2.21. The third-order valence-corrected chi connectivity index (χ3v) is 4.62. The first-order chi connectivity index (χ1) is 12.2. The van der Waals surface area contributed by atoms with Crippen LogP contribution in [0, 0.1) is 5.82 Å². The van der Waals surface area contributed by atoms with Gasteiger partial charge in [0.25, 0.3) is 0 Å². The SMILES string of the molecule is COC(=O)c1c(-c2cccc(F)c2)noc1NC1CCCCCCC1.